The Kier molecular flexibility index (Phi) is 3.48. The van der Waals surface area contributed by atoms with Gasteiger partial charge in [-0.25, -0.2) is 0 Å². The zero-order valence-corrected chi connectivity index (χ0v) is 11.0. The monoisotopic (exact) mass is 288 g/mol. The third-order valence-electron chi connectivity index (χ3n) is 2.21. The van der Waals surface area contributed by atoms with E-state index < -0.39 is 0 Å². The number of ketones is 1. The molecule has 0 fully saturated rings. The molecule has 0 aliphatic rings. The predicted molar refractivity (Wildman–Crippen MR) is 69.2 cm³/mol. The van der Waals surface area contributed by atoms with E-state index in [1.54, 1.807) is 24.3 Å². The molecule has 0 unspecified atom stereocenters. The maximum atomic E-state index is 11.1. The highest BCUT2D eigenvalue weighted by atomic mass is 35.5. The fourth-order valence-corrected chi connectivity index (χ4v) is 2.44. The van der Waals surface area contributed by atoms with E-state index in [1.165, 1.54) is 6.92 Å². The number of hydrogen-bond donors (Lipinski definition) is 0. The van der Waals surface area contributed by atoms with Gasteiger partial charge >= 0.3 is 0 Å². The highest BCUT2D eigenvalue weighted by Crippen LogP contribution is 2.37. The summed E-state index contributed by atoms with van der Waals surface area (Å²) < 4.78 is 5.37. The van der Waals surface area contributed by atoms with E-state index in [-0.39, 0.29) is 11.5 Å². The van der Waals surface area contributed by atoms with Crippen molar-refractivity contribution in [1.29, 1.82) is 0 Å². The molecule has 1 heterocycles. The Morgan fingerprint density at radius 2 is 1.71 bits per heavy atom. The van der Waals surface area contributed by atoms with Gasteiger partial charge in [-0.2, -0.15) is 0 Å². The molecule has 0 aliphatic heterocycles. The summed E-state index contributed by atoms with van der Waals surface area (Å²) in [5.41, 5.74) is 0.533. The molecule has 0 radical (unpaired) electrons. The molecule has 0 spiro atoms. The standard InChI is InChI=1S/C12H7Cl3O2/c1-6(16)10-2-3-11(17-10)12-8(14)4-7(13)5-9(12)15/h2-5H,1H3. The normalized spacial score (nSPS) is 10.6. The van der Waals surface area contributed by atoms with Gasteiger partial charge in [0.1, 0.15) is 5.76 Å². The van der Waals surface area contributed by atoms with Crippen LogP contribution in [0.4, 0.5) is 0 Å². The minimum Gasteiger partial charge on any atom is -0.453 e. The number of hydrogen-bond acceptors (Lipinski definition) is 2. The van der Waals surface area contributed by atoms with E-state index in [0.29, 0.717) is 26.4 Å². The third-order valence-corrected chi connectivity index (χ3v) is 3.02. The van der Waals surface area contributed by atoms with Gasteiger partial charge in [0.15, 0.2) is 11.5 Å². The molecule has 0 saturated heterocycles. The number of benzene rings is 1. The molecule has 0 amide bonds. The summed E-state index contributed by atoms with van der Waals surface area (Å²) in [7, 11) is 0. The molecular formula is C12H7Cl3O2. The van der Waals surface area contributed by atoms with Crippen LogP contribution in [0.2, 0.25) is 15.1 Å². The van der Waals surface area contributed by atoms with Crippen LogP contribution in [0.25, 0.3) is 11.3 Å². The van der Waals surface area contributed by atoms with E-state index in [9.17, 15) is 4.79 Å². The fraction of sp³-hybridized carbons (Fsp3) is 0.0833. The van der Waals surface area contributed by atoms with Crippen LogP contribution in [0.15, 0.2) is 28.7 Å². The molecule has 5 heteroatoms. The number of carbonyl (C=O) groups is 1. The zero-order chi connectivity index (χ0) is 12.6. The van der Waals surface area contributed by atoms with Crippen molar-refractivity contribution >= 4 is 40.6 Å². The predicted octanol–water partition coefficient (Wildman–Crippen LogP) is 5.11. The van der Waals surface area contributed by atoms with Crippen molar-refractivity contribution in [2.75, 3.05) is 0 Å². The van der Waals surface area contributed by atoms with E-state index in [4.69, 9.17) is 39.2 Å². The van der Waals surface area contributed by atoms with Gasteiger partial charge in [-0.15, -0.1) is 0 Å². The average Bonchev–Trinajstić information content (AvgIpc) is 2.65. The van der Waals surface area contributed by atoms with Gasteiger partial charge in [0.2, 0.25) is 0 Å². The highest BCUT2D eigenvalue weighted by Gasteiger charge is 2.15. The molecule has 0 bridgehead atoms. The molecule has 2 aromatic rings. The molecule has 88 valence electrons. The van der Waals surface area contributed by atoms with E-state index >= 15 is 0 Å². The van der Waals surface area contributed by atoms with Crippen LogP contribution in [0.5, 0.6) is 0 Å². The second-order valence-electron chi connectivity index (χ2n) is 3.46. The van der Waals surface area contributed by atoms with Crippen molar-refractivity contribution in [3.8, 4) is 11.3 Å². The Morgan fingerprint density at radius 3 is 2.18 bits per heavy atom. The Bertz CT molecular complexity index is 564. The van der Waals surface area contributed by atoms with Crippen molar-refractivity contribution in [2.24, 2.45) is 0 Å². The van der Waals surface area contributed by atoms with Crippen molar-refractivity contribution in [3.05, 3.63) is 45.1 Å². The summed E-state index contributed by atoms with van der Waals surface area (Å²) in [4.78, 5) is 11.1. The van der Waals surface area contributed by atoms with Gasteiger partial charge in [-0.05, 0) is 24.3 Å². The fourth-order valence-electron chi connectivity index (χ4n) is 1.44. The van der Waals surface area contributed by atoms with Crippen LogP contribution in [0.3, 0.4) is 0 Å². The summed E-state index contributed by atoms with van der Waals surface area (Å²) in [6.07, 6.45) is 0. The van der Waals surface area contributed by atoms with Crippen molar-refractivity contribution in [2.45, 2.75) is 6.92 Å². The Labute approximate surface area is 113 Å². The van der Waals surface area contributed by atoms with Crippen molar-refractivity contribution in [1.82, 2.24) is 0 Å². The van der Waals surface area contributed by atoms with Crippen LogP contribution in [-0.2, 0) is 0 Å². The minimum absolute atomic E-state index is 0.155. The number of furan rings is 1. The average molecular weight is 290 g/mol. The first-order valence-electron chi connectivity index (χ1n) is 4.74. The molecular weight excluding hydrogens is 282 g/mol. The molecule has 0 N–H and O–H groups in total. The van der Waals surface area contributed by atoms with E-state index in [1.807, 2.05) is 0 Å². The number of carbonyl (C=O) groups excluding carboxylic acids is 1. The van der Waals surface area contributed by atoms with Gasteiger partial charge < -0.3 is 4.42 Å². The van der Waals surface area contributed by atoms with Crippen molar-refractivity contribution in [3.63, 3.8) is 0 Å². The number of halogens is 3. The minimum atomic E-state index is -0.155. The van der Waals surface area contributed by atoms with Crippen LogP contribution in [0, 0.1) is 0 Å². The lowest BCUT2D eigenvalue weighted by Gasteiger charge is -2.04. The van der Waals surface area contributed by atoms with E-state index in [0.717, 1.165) is 0 Å². The Balaban J connectivity index is 2.56. The Hall–Kier alpha value is -0.960. The van der Waals surface area contributed by atoms with Gasteiger partial charge in [0, 0.05) is 11.9 Å². The maximum Gasteiger partial charge on any atom is 0.194 e. The van der Waals surface area contributed by atoms with Gasteiger partial charge in [0.25, 0.3) is 0 Å². The first-order chi connectivity index (χ1) is 7.99. The quantitative estimate of drug-likeness (QED) is 0.719. The highest BCUT2D eigenvalue weighted by molar-refractivity contribution is 6.41. The van der Waals surface area contributed by atoms with Crippen LogP contribution >= 0.6 is 34.8 Å². The topological polar surface area (TPSA) is 30.2 Å². The van der Waals surface area contributed by atoms with Crippen LogP contribution in [-0.4, -0.2) is 5.78 Å². The first-order valence-corrected chi connectivity index (χ1v) is 5.88. The van der Waals surface area contributed by atoms with Gasteiger partial charge in [-0.3, -0.25) is 4.79 Å². The Morgan fingerprint density at radius 1 is 1.12 bits per heavy atom. The third kappa shape index (κ3) is 2.49. The smallest absolute Gasteiger partial charge is 0.194 e. The lowest BCUT2D eigenvalue weighted by atomic mass is 10.2. The SMILES string of the molecule is CC(=O)c1ccc(-c2c(Cl)cc(Cl)cc2Cl)o1. The number of Topliss-reactive ketones (excluding diaryl/α,β-unsaturated/α-hetero) is 1. The molecule has 1 aromatic carbocycles. The van der Waals surface area contributed by atoms with Gasteiger partial charge in [0.05, 0.1) is 15.6 Å². The summed E-state index contributed by atoms with van der Waals surface area (Å²) in [6.45, 7) is 1.42. The summed E-state index contributed by atoms with van der Waals surface area (Å²) in [5, 5.41) is 1.21. The summed E-state index contributed by atoms with van der Waals surface area (Å²) in [5.74, 6) is 0.557. The van der Waals surface area contributed by atoms with Gasteiger partial charge in [-0.1, -0.05) is 34.8 Å². The molecule has 0 saturated carbocycles. The second kappa shape index (κ2) is 4.73. The molecule has 0 aliphatic carbocycles. The molecule has 0 atom stereocenters. The number of rotatable bonds is 2. The molecule has 2 nitrogen and oxygen atoms in total. The lowest BCUT2D eigenvalue weighted by Crippen LogP contribution is -1.86. The first kappa shape index (κ1) is 12.5. The van der Waals surface area contributed by atoms with Crippen molar-refractivity contribution < 1.29 is 9.21 Å². The molecule has 1 aromatic heterocycles. The lowest BCUT2D eigenvalue weighted by molar-refractivity contribution is 0.0988. The maximum absolute atomic E-state index is 11.1. The molecule has 17 heavy (non-hydrogen) atoms. The zero-order valence-electron chi connectivity index (χ0n) is 8.76. The van der Waals surface area contributed by atoms with Crippen LogP contribution in [0.1, 0.15) is 17.5 Å². The van der Waals surface area contributed by atoms with E-state index in [2.05, 4.69) is 0 Å². The molecule has 2 rings (SSSR count). The second-order valence-corrected chi connectivity index (χ2v) is 4.72. The summed E-state index contributed by atoms with van der Waals surface area (Å²) in [6, 6.07) is 6.37. The van der Waals surface area contributed by atoms with Crippen LogP contribution < -0.4 is 0 Å². The largest absolute Gasteiger partial charge is 0.453 e. The summed E-state index contributed by atoms with van der Waals surface area (Å²) >= 11 is 17.9.